The summed E-state index contributed by atoms with van der Waals surface area (Å²) in [6.07, 6.45) is 6.72. The van der Waals surface area contributed by atoms with E-state index in [1.165, 1.54) is 57.6 Å². The molecule has 0 atom stereocenters. The summed E-state index contributed by atoms with van der Waals surface area (Å²) in [6.45, 7) is 0. The highest BCUT2D eigenvalue weighted by molar-refractivity contribution is 14.1. The van der Waals surface area contributed by atoms with E-state index in [4.69, 9.17) is 0 Å². The van der Waals surface area contributed by atoms with Gasteiger partial charge in [0.15, 0.2) is 0 Å². The van der Waals surface area contributed by atoms with Crippen molar-refractivity contribution in [2.45, 2.75) is 37.5 Å². The van der Waals surface area contributed by atoms with Gasteiger partial charge in [0.1, 0.15) is 0 Å². The van der Waals surface area contributed by atoms with Crippen molar-refractivity contribution >= 4 is 33.4 Å². The quantitative estimate of drug-likeness (QED) is 0.363. The molecule has 0 heterocycles. The first kappa shape index (κ1) is 14.0. The first-order valence-electron chi connectivity index (χ1n) is 8.62. The summed E-state index contributed by atoms with van der Waals surface area (Å²) < 4.78 is 1.32. The average molecular weight is 410 g/mol. The van der Waals surface area contributed by atoms with Crippen LogP contribution in [0.15, 0.2) is 54.6 Å². The molecular formula is C22H19I. The number of halogens is 1. The van der Waals surface area contributed by atoms with Gasteiger partial charge in [-0.15, -0.1) is 0 Å². The van der Waals surface area contributed by atoms with E-state index in [2.05, 4.69) is 77.2 Å². The van der Waals surface area contributed by atoms with Crippen LogP contribution in [0.25, 0.3) is 21.9 Å². The van der Waals surface area contributed by atoms with Crippen LogP contribution in [0.3, 0.4) is 0 Å². The molecule has 1 fully saturated rings. The Balaban J connectivity index is 1.91. The van der Waals surface area contributed by atoms with Gasteiger partial charge in [0.25, 0.3) is 0 Å². The minimum absolute atomic E-state index is 0.260. The number of benzene rings is 3. The molecule has 1 heteroatoms. The molecule has 0 nitrogen and oxygen atoms in total. The number of hydrogen-bond acceptors (Lipinski definition) is 0. The highest BCUT2D eigenvalue weighted by Crippen LogP contribution is 2.57. The Morgan fingerprint density at radius 3 is 2.48 bits per heavy atom. The lowest BCUT2D eigenvalue weighted by atomic mass is 9.67. The second-order valence-corrected chi connectivity index (χ2v) is 8.29. The minimum atomic E-state index is 0.260. The molecule has 0 saturated heterocycles. The van der Waals surface area contributed by atoms with Gasteiger partial charge in [0.2, 0.25) is 0 Å². The fraction of sp³-hybridized carbons (Fsp3) is 0.273. The van der Waals surface area contributed by atoms with Gasteiger partial charge in [-0.3, -0.25) is 0 Å². The molecule has 0 unspecified atom stereocenters. The zero-order chi connectivity index (χ0) is 15.4. The molecule has 2 aliphatic carbocycles. The van der Waals surface area contributed by atoms with Gasteiger partial charge >= 0.3 is 0 Å². The standard InChI is InChI=1S/C22H19I/c23-16-9-11-17-15(14-16)8-10-19-18-6-2-3-7-20(18)22(21(17)19)12-4-1-5-13-22/h2-3,6-11,14H,1,4-5,12-13H2. The van der Waals surface area contributed by atoms with Crippen LogP contribution in [-0.4, -0.2) is 0 Å². The Bertz CT molecular complexity index is 916. The van der Waals surface area contributed by atoms with E-state index in [1.807, 2.05) is 0 Å². The second kappa shape index (κ2) is 5.07. The molecule has 23 heavy (non-hydrogen) atoms. The van der Waals surface area contributed by atoms with E-state index >= 15 is 0 Å². The molecule has 0 radical (unpaired) electrons. The fourth-order valence-corrected chi connectivity index (χ4v) is 5.50. The summed E-state index contributed by atoms with van der Waals surface area (Å²) in [5.41, 5.74) is 6.42. The lowest BCUT2D eigenvalue weighted by Gasteiger charge is -2.36. The smallest absolute Gasteiger partial charge is 0.0221 e. The Hall–Kier alpha value is -1.35. The van der Waals surface area contributed by atoms with Crippen molar-refractivity contribution < 1.29 is 0 Å². The van der Waals surface area contributed by atoms with Crippen molar-refractivity contribution in [3.63, 3.8) is 0 Å². The lowest BCUT2D eigenvalue weighted by Crippen LogP contribution is -2.28. The van der Waals surface area contributed by atoms with E-state index in [0.717, 1.165) is 0 Å². The minimum Gasteiger partial charge on any atom is -0.0619 e. The second-order valence-electron chi connectivity index (χ2n) is 7.04. The van der Waals surface area contributed by atoms with E-state index in [1.54, 1.807) is 11.1 Å². The van der Waals surface area contributed by atoms with Crippen LogP contribution in [-0.2, 0) is 5.41 Å². The predicted molar refractivity (Wildman–Crippen MR) is 106 cm³/mol. The summed E-state index contributed by atoms with van der Waals surface area (Å²) in [7, 11) is 0. The van der Waals surface area contributed by atoms with Crippen LogP contribution in [0.4, 0.5) is 0 Å². The Labute approximate surface area is 151 Å². The number of rotatable bonds is 0. The molecule has 1 spiro atoms. The topological polar surface area (TPSA) is 0 Å². The molecule has 3 aromatic carbocycles. The Morgan fingerprint density at radius 2 is 1.61 bits per heavy atom. The molecule has 5 rings (SSSR count). The third kappa shape index (κ3) is 1.89. The number of fused-ring (bicyclic) bond motifs is 7. The van der Waals surface area contributed by atoms with E-state index in [-0.39, 0.29) is 5.41 Å². The van der Waals surface area contributed by atoms with Crippen LogP contribution >= 0.6 is 22.6 Å². The average Bonchev–Trinajstić information content (AvgIpc) is 2.86. The summed E-state index contributed by atoms with van der Waals surface area (Å²) in [4.78, 5) is 0. The maximum atomic E-state index is 2.42. The third-order valence-corrected chi connectivity index (χ3v) is 6.57. The van der Waals surface area contributed by atoms with Crippen molar-refractivity contribution in [1.82, 2.24) is 0 Å². The van der Waals surface area contributed by atoms with Gasteiger partial charge in [-0.05, 0) is 80.6 Å². The maximum absolute atomic E-state index is 2.42. The maximum Gasteiger partial charge on any atom is 0.0221 e. The van der Waals surface area contributed by atoms with E-state index < -0.39 is 0 Å². The van der Waals surface area contributed by atoms with E-state index in [0.29, 0.717) is 0 Å². The zero-order valence-corrected chi connectivity index (χ0v) is 15.3. The summed E-state index contributed by atoms with van der Waals surface area (Å²) in [5, 5.41) is 2.87. The molecule has 3 aromatic rings. The predicted octanol–water partition coefficient (Wildman–Crippen LogP) is 6.68. The highest BCUT2D eigenvalue weighted by Gasteiger charge is 2.44. The number of hydrogen-bond donors (Lipinski definition) is 0. The molecule has 0 N–H and O–H groups in total. The van der Waals surface area contributed by atoms with Crippen molar-refractivity contribution in [1.29, 1.82) is 0 Å². The lowest BCUT2D eigenvalue weighted by molar-refractivity contribution is 0.355. The van der Waals surface area contributed by atoms with Gasteiger partial charge in [-0.1, -0.05) is 61.7 Å². The van der Waals surface area contributed by atoms with Crippen LogP contribution in [0, 0.1) is 3.57 Å². The molecular weight excluding hydrogens is 391 g/mol. The molecule has 0 aromatic heterocycles. The SMILES string of the molecule is Ic1ccc2c3c(ccc2c1)-c1ccccc1C31CCCCC1. The Morgan fingerprint density at radius 1 is 0.783 bits per heavy atom. The van der Waals surface area contributed by atoms with E-state index in [9.17, 15) is 0 Å². The first-order valence-corrected chi connectivity index (χ1v) is 9.70. The zero-order valence-electron chi connectivity index (χ0n) is 13.1. The van der Waals surface area contributed by atoms with Crippen molar-refractivity contribution in [3.8, 4) is 11.1 Å². The monoisotopic (exact) mass is 410 g/mol. The Kier molecular flexibility index (Phi) is 3.09. The van der Waals surface area contributed by atoms with Crippen molar-refractivity contribution in [2.24, 2.45) is 0 Å². The third-order valence-electron chi connectivity index (χ3n) is 5.90. The van der Waals surface area contributed by atoms with Crippen molar-refractivity contribution in [2.75, 3.05) is 0 Å². The van der Waals surface area contributed by atoms with Gasteiger partial charge in [0, 0.05) is 8.99 Å². The van der Waals surface area contributed by atoms with Crippen LogP contribution < -0.4 is 0 Å². The van der Waals surface area contributed by atoms with Gasteiger partial charge in [-0.25, -0.2) is 0 Å². The van der Waals surface area contributed by atoms with Gasteiger partial charge in [0.05, 0.1) is 0 Å². The van der Waals surface area contributed by atoms with Crippen LogP contribution in [0.2, 0.25) is 0 Å². The summed E-state index contributed by atoms with van der Waals surface area (Å²) in [6, 6.07) is 20.8. The fourth-order valence-electron chi connectivity index (χ4n) is 4.99. The summed E-state index contributed by atoms with van der Waals surface area (Å²) >= 11 is 2.42. The molecule has 2 aliphatic rings. The summed E-state index contributed by atoms with van der Waals surface area (Å²) in [5.74, 6) is 0. The largest absolute Gasteiger partial charge is 0.0619 e. The molecule has 1 saturated carbocycles. The highest BCUT2D eigenvalue weighted by atomic mass is 127. The molecule has 114 valence electrons. The first-order chi connectivity index (χ1) is 11.3. The van der Waals surface area contributed by atoms with Gasteiger partial charge < -0.3 is 0 Å². The molecule has 0 amide bonds. The van der Waals surface area contributed by atoms with Crippen molar-refractivity contribution in [3.05, 3.63) is 69.3 Å². The normalized spacial score (nSPS) is 18.1. The molecule has 0 aliphatic heterocycles. The van der Waals surface area contributed by atoms with Crippen LogP contribution in [0.1, 0.15) is 43.2 Å². The van der Waals surface area contributed by atoms with Crippen LogP contribution in [0.5, 0.6) is 0 Å². The molecule has 0 bridgehead atoms. The van der Waals surface area contributed by atoms with Gasteiger partial charge in [-0.2, -0.15) is 0 Å².